The molecular weight excluding hydrogens is 298 g/mol. The molecule has 0 aromatic heterocycles. The third-order valence-corrected chi connectivity index (χ3v) is 3.19. The molecule has 1 aromatic rings. The zero-order valence-electron chi connectivity index (χ0n) is 10.0. The smallest absolute Gasteiger partial charge is 0.248 e. The van der Waals surface area contributed by atoms with Crippen LogP contribution in [0.15, 0.2) is 28.7 Å². The van der Waals surface area contributed by atoms with Crippen LogP contribution < -0.4 is 5.48 Å². The highest BCUT2D eigenvalue weighted by molar-refractivity contribution is 9.10. The number of rotatable bonds is 4. The summed E-state index contributed by atoms with van der Waals surface area (Å²) < 4.78 is 6.32. The maximum atomic E-state index is 11.7. The first kappa shape index (κ1) is 13.5. The van der Waals surface area contributed by atoms with E-state index in [1.807, 2.05) is 24.3 Å². The predicted molar refractivity (Wildman–Crippen MR) is 70.7 cm³/mol. The van der Waals surface area contributed by atoms with Crippen molar-refractivity contribution in [2.24, 2.45) is 0 Å². The van der Waals surface area contributed by atoms with E-state index in [-0.39, 0.29) is 12.2 Å². The summed E-state index contributed by atoms with van der Waals surface area (Å²) >= 11 is 3.37. The molecule has 0 aliphatic carbocycles. The lowest BCUT2D eigenvalue weighted by atomic mass is 10.1. The van der Waals surface area contributed by atoms with Crippen molar-refractivity contribution in [3.8, 4) is 0 Å². The van der Waals surface area contributed by atoms with Crippen LogP contribution in [0.25, 0.3) is 0 Å². The minimum absolute atomic E-state index is 0.165. The molecule has 0 unspecified atom stereocenters. The molecule has 1 aliphatic heterocycles. The molecule has 1 atom stereocenters. The van der Waals surface area contributed by atoms with Gasteiger partial charge < -0.3 is 4.74 Å². The van der Waals surface area contributed by atoms with E-state index in [0.717, 1.165) is 29.3 Å². The van der Waals surface area contributed by atoms with Gasteiger partial charge in [-0.1, -0.05) is 28.1 Å². The lowest BCUT2D eigenvalue weighted by Gasteiger charge is -2.22. The number of carbonyl (C=O) groups is 1. The first-order valence-corrected chi connectivity index (χ1v) is 6.84. The summed E-state index contributed by atoms with van der Waals surface area (Å²) in [5.41, 5.74) is 3.38. The van der Waals surface area contributed by atoms with Crippen molar-refractivity contribution in [1.29, 1.82) is 0 Å². The maximum Gasteiger partial charge on any atom is 0.248 e. The van der Waals surface area contributed by atoms with Gasteiger partial charge in [0.15, 0.2) is 6.29 Å². The summed E-state index contributed by atoms with van der Waals surface area (Å²) in [4.78, 5) is 16.9. The van der Waals surface area contributed by atoms with Crippen LogP contribution in [-0.4, -0.2) is 18.8 Å². The lowest BCUT2D eigenvalue weighted by molar-refractivity contribution is -0.200. The van der Waals surface area contributed by atoms with Crippen molar-refractivity contribution in [2.45, 2.75) is 32.0 Å². The van der Waals surface area contributed by atoms with Gasteiger partial charge in [-0.25, -0.2) is 10.3 Å². The average Bonchev–Trinajstić information content (AvgIpc) is 2.38. The van der Waals surface area contributed by atoms with E-state index in [4.69, 9.17) is 9.57 Å². The Morgan fingerprint density at radius 2 is 2.39 bits per heavy atom. The molecule has 2 rings (SSSR count). The normalized spacial score (nSPS) is 19.5. The van der Waals surface area contributed by atoms with Crippen LogP contribution in [0.3, 0.4) is 0 Å². The van der Waals surface area contributed by atoms with Crippen molar-refractivity contribution >= 4 is 21.8 Å². The summed E-state index contributed by atoms with van der Waals surface area (Å²) in [5.74, 6) is -0.165. The van der Waals surface area contributed by atoms with Crippen molar-refractivity contribution in [1.82, 2.24) is 5.48 Å². The molecule has 0 spiro atoms. The van der Waals surface area contributed by atoms with Gasteiger partial charge in [-0.3, -0.25) is 4.79 Å². The molecule has 98 valence electrons. The van der Waals surface area contributed by atoms with Gasteiger partial charge in [0.05, 0.1) is 6.42 Å². The second-order valence-electron chi connectivity index (χ2n) is 4.25. The van der Waals surface area contributed by atoms with E-state index in [9.17, 15) is 4.79 Å². The summed E-state index contributed by atoms with van der Waals surface area (Å²) in [6, 6.07) is 7.64. The van der Waals surface area contributed by atoms with E-state index in [2.05, 4.69) is 21.4 Å². The Morgan fingerprint density at radius 1 is 1.50 bits per heavy atom. The van der Waals surface area contributed by atoms with Gasteiger partial charge >= 0.3 is 0 Å². The van der Waals surface area contributed by atoms with Gasteiger partial charge in [0.25, 0.3) is 0 Å². The van der Waals surface area contributed by atoms with Gasteiger partial charge in [0.2, 0.25) is 5.91 Å². The highest BCUT2D eigenvalue weighted by atomic mass is 79.9. The molecule has 1 fully saturated rings. The Morgan fingerprint density at radius 3 is 3.11 bits per heavy atom. The van der Waals surface area contributed by atoms with E-state index >= 15 is 0 Å². The summed E-state index contributed by atoms with van der Waals surface area (Å²) in [6.45, 7) is 0.701. The molecule has 5 heteroatoms. The Labute approximate surface area is 115 Å². The Bertz CT molecular complexity index is 405. The number of hydrogen-bond acceptors (Lipinski definition) is 3. The van der Waals surface area contributed by atoms with Gasteiger partial charge in [-0.2, -0.15) is 0 Å². The zero-order chi connectivity index (χ0) is 12.8. The standard InChI is InChI=1S/C13H16BrNO3/c14-11-5-3-4-10(8-11)9-12(16)15-18-13-6-1-2-7-17-13/h3-5,8,13H,1-2,6-7,9H2,(H,15,16)/t13-/m1/s1. The van der Waals surface area contributed by atoms with E-state index in [0.29, 0.717) is 13.0 Å². The molecule has 1 aromatic carbocycles. The topological polar surface area (TPSA) is 47.6 Å². The monoisotopic (exact) mass is 313 g/mol. The molecular formula is C13H16BrNO3. The number of nitrogens with one attached hydrogen (secondary N) is 1. The first-order valence-electron chi connectivity index (χ1n) is 6.04. The van der Waals surface area contributed by atoms with Crippen LogP contribution in [0.4, 0.5) is 0 Å². The van der Waals surface area contributed by atoms with Crippen LogP contribution in [0, 0.1) is 0 Å². The predicted octanol–water partition coefficient (Wildman–Crippen LogP) is 2.57. The number of amides is 1. The number of hydrogen-bond donors (Lipinski definition) is 1. The fourth-order valence-corrected chi connectivity index (χ4v) is 2.25. The van der Waals surface area contributed by atoms with Gasteiger partial charge in [0.1, 0.15) is 0 Å². The Hall–Kier alpha value is -0.910. The van der Waals surface area contributed by atoms with Crippen LogP contribution in [0.5, 0.6) is 0 Å². The van der Waals surface area contributed by atoms with E-state index in [1.54, 1.807) is 0 Å². The minimum atomic E-state index is -0.301. The Kier molecular flexibility index (Phi) is 5.16. The number of carbonyl (C=O) groups excluding carboxylic acids is 1. The lowest BCUT2D eigenvalue weighted by Crippen LogP contribution is -2.33. The largest absolute Gasteiger partial charge is 0.350 e. The molecule has 1 N–H and O–H groups in total. The summed E-state index contributed by atoms with van der Waals surface area (Å²) in [7, 11) is 0. The Balaban J connectivity index is 1.74. The molecule has 0 saturated carbocycles. The number of halogens is 1. The SMILES string of the molecule is O=C(Cc1cccc(Br)c1)NO[C@@H]1CCCCO1. The number of hydroxylamine groups is 1. The third kappa shape index (κ3) is 4.40. The van der Waals surface area contributed by atoms with E-state index < -0.39 is 0 Å². The number of ether oxygens (including phenoxy) is 1. The van der Waals surface area contributed by atoms with Crippen molar-refractivity contribution in [3.05, 3.63) is 34.3 Å². The van der Waals surface area contributed by atoms with Gasteiger partial charge in [0, 0.05) is 17.5 Å². The molecule has 1 heterocycles. The van der Waals surface area contributed by atoms with Crippen molar-refractivity contribution in [2.75, 3.05) is 6.61 Å². The van der Waals surface area contributed by atoms with Crippen LogP contribution >= 0.6 is 15.9 Å². The molecule has 1 aliphatic rings. The van der Waals surface area contributed by atoms with Crippen LogP contribution in [0.1, 0.15) is 24.8 Å². The fourth-order valence-electron chi connectivity index (χ4n) is 1.80. The van der Waals surface area contributed by atoms with Crippen LogP contribution in [-0.2, 0) is 20.8 Å². The second-order valence-corrected chi connectivity index (χ2v) is 5.16. The molecule has 1 saturated heterocycles. The first-order chi connectivity index (χ1) is 8.74. The zero-order valence-corrected chi connectivity index (χ0v) is 11.6. The second kappa shape index (κ2) is 6.87. The average molecular weight is 314 g/mol. The number of benzene rings is 1. The molecule has 4 nitrogen and oxygen atoms in total. The van der Waals surface area contributed by atoms with E-state index in [1.165, 1.54) is 0 Å². The van der Waals surface area contributed by atoms with Crippen molar-refractivity contribution in [3.63, 3.8) is 0 Å². The highest BCUT2D eigenvalue weighted by Crippen LogP contribution is 2.13. The minimum Gasteiger partial charge on any atom is -0.350 e. The fraction of sp³-hybridized carbons (Fsp3) is 0.462. The molecule has 0 radical (unpaired) electrons. The quantitative estimate of drug-likeness (QED) is 0.869. The van der Waals surface area contributed by atoms with Crippen LogP contribution in [0.2, 0.25) is 0 Å². The third-order valence-electron chi connectivity index (χ3n) is 2.70. The molecule has 18 heavy (non-hydrogen) atoms. The summed E-state index contributed by atoms with van der Waals surface area (Å²) in [6.07, 6.45) is 2.96. The van der Waals surface area contributed by atoms with Crippen molar-refractivity contribution < 1.29 is 14.4 Å². The molecule has 1 amide bonds. The van der Waals surface area contributed by atoms with Gasteiger partial charge in [-0.15, -0.1) is 0 Å². The molecule has 0 bridgehead atoms. The summed E-state index contributed by atoms with van der Waals surface area (Å²) in [5, 5.41) is 0. The maximum absolute atomic E-state index is 11.7. The van der Waals surface area contributed by atoms with Gasteiger partial charge in [-0.05, 0) is 30.5 Å². The highest BCUT2D eigenvalue weighted by Gasteiger charge is 2.15.